The summed E-state index contributed by atoms with van der Waals surface area (Å²) in [6, 6.07) is 14.3. The van der Waals surface area contributed by atoms with E-state index < -0.39 is 12.4 Å². The average Bonchev–Trinajstić information content (AvgIpc) is 2.59. The van der Waals surface area contributed by atoms with Crippen LogP contribution in [0.4, 0.5) is 4.32 Å². The summed E-state index contributed by atoms with van der Waals surface area (Å²) >= 11 is 0. The molecule has 0 radical (unpaired) electrons. The van der Waals surface area contributed by atoms with Gasteiger partial charge in [-0.1, -0.05) is 81.9 Å². The van der Waals surface area contributed by atoms with Crippen molar-refractivity contribution in [1.29, 1.82) is 0 Å². The van der Waals surface area contributed by atoms with Crippen LogP contribution in [0.25, 0.3) is 0 Å². The lowest BCUT2D eigenvalue weighted by Gasteiger charge is -2.41. The molecule has 0 amide bonds. The topological polar surface area (TPSA) is 37.3 Å². The quantitative estimate of drug-likeness (QED) is 0.680. The van der Waals surface area contributed by atoms with Crippen LogP contribution in [0.2, 0.25) is 0 Å². The lowest BCUT2D eigenvalue weighted by atomic mass is 9.29. The summed E-state index contributed by atoms with van der Waals surface area (Å²) in [6.45, 7) is 11.8. The van der Waals surface area contributed by atoms with Crippen molar-refractivity contribution < 1.29 is 14.2 Å². The minimum Gasteiger partial charge on any atom is -0.498 e. The van der Waals surface area contributed by atoms with Crippen molar-refractivity contribution in [1.82, 2.24) is 0 Å². The van der Waals surface area contributed by atoms with Gasteiger partial charge in [0.25, 0.3) is 0 Å². The van der Waals surface area contributed by atoms with Gasteiger partial charge >= 0.3 is 5.97 Å². The maximum atomic E-state index is 17.5. The molecular formula is C25H27BFO2-. The second-order valence-corrected chi connectivity index (χ2v) is 8.31. The van der Waals surface area contributed by atoms with E-state index in [2.05, 4.69) is 0 Å². The van der Waals surface area contributed by atoms with Crippen LogP contribution in [-0.2, 0) is 0 Å². The summed E-state index contributed by atoms with van der Waals surface area (Å²) in [4.78, 5) is 11.3. The highest BCUT2D eigenvalue weighted by Gasteiger charge is 2.35. The molecule has 0 atom stereocenters. The van der Waals surface area contributed by atoms with E-state index in [0.717, 1.165) is 33.4 Å². The molecule has 3 rings (SSSR count). The Morgan fingerprint density at radius 2 is 1.07 bits per heavy atom. The summed E-state index contributed by atoms with van der Waals surface area (Å²) in [5.74, 6) is -1.01. The molecule has 0 spiro atoms. The summed E-state index contributed by atoms with van der Waals surface area (Å²) < 4.78 is 17.5. The number of benzene rings is 3. The van der Waals surface area contributed by atoms with E-state index in [1.54, 1.807) is 12.1 Å². The molecule has 150 valence electrons. The highest BCUT2D eigenvalue weighted by Crippen LogP contribution is 2.20. The Kier molecular flexibility index (Phi) is 5.40. The number of hydrogen-bond acceptors (Lipinski definition) is 1. The van der Waals surface area contributed by atoms with Crippen LogP contribution >= 0.6 is 0 Å². The maximum Gasteiger partial charge on any atom is 0.335 e. The largest absolute Gasteiger partial charge is 0.498 e. The molecule has 0 aromatic heterocycles. The van der Waals surface area contributed by atoms with Gasteiger partial charge in [-0.2, -0.15) is 16.4 Å². The van der Waals surface area contributed by atoms with E-state index in [4.69, 9.17) is 0 Å². The number of rotatable bonds is 4. The first-order valence-corrected chi connectivity index (χ1v) is 9.89. The van der Waals surface area contributed by atoms with Crippen LogP contribution in [0.5, 0.6) is 0 Å². The third-order valence-corrected chi connectivity index (χ3v) is 5.89. The first-order chi connectivity index (χ1) is 13.6. The zero-order valence-electron chi connectivity index (χ0n) is 17.9. The van der Waals surface area contributed by atoms with Gasteiger partial charge in [0.15, 0.2) is 0 Å². The lowest BCUT2D eigenvalue weighted by Crippen LogP contribution is -2.66. The summed E-state index contributed by atoms with van der Waals surface area (Å²) in [6.07, 6.45) is -2.77. The van der Waals surface area contributed by atoms with Crippen LogP contribution < -0.4 is 16.4 Å². The molecule has 0 saturated carbocycles. The third kappa shape index (κ3) is 3.60. The Morgan fingerprint density at radius 3 is 1.38 bits per heavy atom. The standard InChI is InChI=1S/C25H27BFO2/c1-15-11-17(3)23(18(4)12-15)26(27,22-9-7-21(8-10-22)25(28)29)24-19(5)13-16(2)14-20(24)6/h7-14H,1-6H3,(H,28,29)/q-1. The van der Waals surface area contributed by atoms with Crippen LogP contribution in [-0.4, -0.2) is 17.5 Å². The molecule has 2 nitrogen and oxygen atoms in total. The predicted molar refractivity (Wildman–Crippen MR) is 120 cm³/mol. The SMILES string of the molecule is Cc1cc(C)c([B-](F)(c2ccc(C(=O)O)cc2)c2c(C)cc(C)cc2C)c(C)c1. The van der Waals surface area contributed by atoms with Crippen molar-refractivity contribution in [3.8, 4) is 0 Å². The molecule has 4 heteroatoms. The fraction of sp³-hybridized carbons (Fsp3) is 0.240. The number of carboxylic acids is 1. The van der Waals surface area contributed by atoms with E-state index >= 15 is 4.32 Å². The number of carboxylic acid groups (broad SMARTS) is 1. The van der Waals surface area contributed by atoms with Gasteiger partial charge in [-0.15, -0.1) is 0 Å². The second-order valence-electron chi connectivity index (χ2n) is 8.31. The molecule has 3 aromatic rings. The molecule has 0 aliphatic rings. The fourth-order valence-electron chi connectivity index (χ4n) is 5.01. The Bertz CT molecular complexity index is 997. The van der Waals surface area contributed by atoms with Gasteiger partial charge in [0, 0.05) is 0 Å². The Hall–Kier alpha value is -2.88. The first kappa shape index (κ1) is 20.8. The van der Waals surface area contributed by atoms with Gasteiger partial charge in [-0.05, 0) is 41.5 Å². The van der Waals surface area contributed by atoms with Gasteiger partial charge in [0.1, 0.15) is 0 Å². The van der Waals surface area contributed by atoms with E-state index in [1.807, 2.05) is 65.8 Å². The van der Waals surface area contributed by atoms with E-state index in [1.165, 1.54) is 12.1 Å². The van der Waals surface area contributed by atoms with Crippen LogP contribution in [0, 0.1) is 41.5 Å². The molecule has 3 aromatic carbocycles. The molecule has 29 heavy (non-hydrogen) atoms. The fourth-order valence-corrected chi connectivity index (χ4v) is 5.01. The van der Waals surface area contributed by atoms with E-state index in [9.17, 15) is 9.90 Å². The Balaban J connectivity index is 2.41. The Morgan fingerprint density at radius 1 is 0.724 bits per heavy atom. The molecule has 0 aliphatic heterocycles. The van der Waals surface area contributed by atoms with Crippen molar-refractivity contribution in [2.45, 2.75) is 41.5 Å². The minimum absolute atomic E-state index is 0.154. The average molecular weight is 389 g/mol. The first-order valence-electron chi connectivity index (χ1n) is 9.89. The molecule has 1 N–H and O–H groups in total. The third-order valence-electron chi connectivity index (χ3n) is 5.89. The van der Waals surface area contributed by atoms with Crippen molar-refractivity contribution in [3.05, 3.63) is 87.5 Å². The van der Waals surface area contributed by atoms with Gasteiger partial charge in [-0.25, -0.2) is 4.79 Å². The Labute approximate surface area is 172 Å². The van der Waals surface area contributed by atoms with Gasteiger partial charge < -0.3 is 9.42 Å². The van der Waals surface area contributed by atoms with E-state index in [-0.39, 0.29) is 5.56 Å². The maximum absolute atomic E-state index is 17.5. The zero-order valence-corrected chi connectivity index (χ0v) is 17.9. The molecular weight excluding hydrogens is 362 g/mol. The van der Waals surface area contributed by atoms with Crippen molar-refractivity contribution in [2.24, 2.45) is 0 Å². The van der Waals surface area contributed by atoms with Gasteiger partial charge in [-0.3, -0.25) is 0 Å². The smallest absolute Gasteiger partial charge is 0.335 e. The van der Waals surface area contributed by atoms with Crippen molar-refractivity contribution >= 4 is 28.8 Å². The van der Waals surface area contributed by atoms with Crippen molar-refractivity contribution in [3.63, 3.8) is 0 Å². The molecule has 0 bridgehead atoms. The van der Waals surface area contributed by atoms with Crippen molar-refractivity contribution in [2.75, 3.05) is 0 Å². The highest BCUT2D eigenvalue weighted by molar-refractivity contribution is 7.07. The van der Waals surface area contributed by atoms with Gasteiger partial charge in [0.2, 0.25) is 6.42 Å². The number of aryl methyl sites for hydroxylation is 6. The summed E-state index contributed by atoms with van der Waals surface area (Å²) in [5, 5.41) is 9.26. The normalized spacial score (nSPS) is 11.6. The molecule has 0 saturated heterocycles. The number of carbonyl (C=O) groups is 1. The molecule has 0 aliphatic carbocycles. The van der Waals surface area contributed by atoms with Gasteiger partial charge in [0.05, 0.1) is 5.56 Å². The summed E-state index contributed by atoms with van der Waals surface area (Å²) in [5.41, 5.74) is 7.86. The monoisotopic (exact) mass is 389 g/mol. The molecule has 0 fully saturated rings. The zero-order chi connectivity index (χ0) is 21.5. The van der Waals surface area contributed by atoms with Crippen LogP contribution in [0.1, 0.15) is 43.7 Å². The minimum atomic E-state index is -2.77. The van der Waals surface area contributed by atoms with E-state index in [0.29, 0.717) is 16.4 Å². The lowest BCUT2D eigenvalue weighted by molar-refractivity contribution is 0.0697. The van der Waals surface area contributed by atoms with Crippen LogP contribution in [0.15, 0.2) is 48.5 Å². The highest BCUT2D eigenvalue weighted by atomic mass is 19.1. The molecule has 0 heterocycles. The number of halogens is 1. The number of aromatic carboxylic acids is 1. The van der Waals surface area contributed by atoms with Crippen LogP contribution in [0.3, 0.4) is 0 Å². The second kappa shape index (κ2) is 7.51. The number of hydrogen-bond donors (Lipinski definition) is 1. The molecule has 0 unspecified atom stereocenters. The predicted octanol–water partition coefficient (Wildman–Crippen LogP) is 4.17. The summed E-state index contributed by atoms with van der Waals surface area (Å²) in [7, 11) is 0.